The zero-order valence-electron chi connectivity index (χ0n) is 23.6. The number of amides is 2. The molecule has 0 saturated carbocycles. The fourth-order valence-electron chi connectivity index (χ4n) is 5.42. The number of aryl methyl sites for hydroxylation is 1. The van der Waals surface area contributed by atoms with E-state index in [0.29, 0.717) is 39.3 Å². The van der Waals surface area contributed by atoms with Crippen LogP contribution in [0.5, 0.6) is 0 Å². The number of benzene rings is 1. The molecule has 1 fully saturated rings. The Balaban J connectivity index is 1.62. The number of morpholine rings is 1. The SMILES string of the molecule is Cc1c[nH]c2ncc(-c3cc4c(c(C5COCCN5C(=O)OC(C)(C)C)c3)CN(C(=O)C(C)(C)O)CC4)cc12. The van der Waals surface area contributed by atoms with Crippen molar-refractivity contribution >= 4 is 23.0 Å². The first-order valence-corrected chi connectivity index (χ1v) is 13.5. The number of aromatic nitrogens is 2. The molecule has 1 aromatic carbocycles. The Kier molecular flexibility index (Phi) is 6.93. The second kappa shape index (κ2) is 9.95. The second-order valence-corrected chi connectivity index (χ2v) is 12.1. The maximum atomic E-state index is 13.3. The van der Waals surface area contributed by atoms with Gasteiger partial charge in [-0.3, -0.25) is 9.69 Å². The Morgan fingerprint density at radius 3 is 2.62 bits per heavy atom. The first-order valence-electron chi connectivity index (χ1n) is 13.5. The lowest BCUT2D eigenvalue weighted by molar-refractivity contribution is -0.148. The Morgan fingerprint density at radius 2 is 1.90 bits per heavy atom. The molecule has 0 bridgehead atoms. The maximum absolute atomic E-state index is 13.3. The van der Waals surface area contributed by atoms with Crippen LogP contribution in [-0.2, 0) is 27.2 Å². The van der Waals surface area contributed by atoms with Crippen LogP contribution in [0, 0.1) is 6.92 Å². The molecule has 3 aromatic rings. The van der Waals surface area contributed by atoms with E-state index in [1.165, 1.54) is 13.8 Å². The molecule has 4 heterocycles. The Morgan fingerprint density at radius 1 is 1.13 bits per heavy atom. The highest BCUT2D eigenvalue weighted by Crippen LogP contribution is 2.37. The molecule has 9 nitrogen and oxygen atoms in total. The number of hydrogen-bond donors (Lipinski definition) is 2. The number of rotatable bonds is 3. The smallest absolute Gasteiger partial charge is 0.410 e. The number of pyridine rings is 1. The van der Waals surface area contributed by atoms with Crippen molar-refractivity contribution in [1.82, 2.24) is 19.8 Å². The first-order chi connectivity index (χ1) is 18.3. The molecule has 9 heteroatoms. The Labute approximate surface area is 229 Å². The summed E-state index contributed by atoms with van der Waals surface area (Å²) in [4.78, 5) is 37.6. The molecule has 1 unspecified atom stereocenters. The van der Waals surface area contributed by atoms with Crippen LogP contribution in [-0.4, -0.2) is 74.4 Å². The fourth-order valence-corrected chi connectivity index (χ4v) is 5.42. The number of aromatic amines is 1. The number of fused-ring (bicyclic) bond motifs is 2. The van der Waals surface area contributed by atoms with E-state index in [1.807, 2.05) is 33.2 Å². The minimum absolute atomic E-state index is 0.315. The molecule has 2 aliphatic heterocycles. The lowest BCUT2D eigenvalue weighted by atomic mass is 9.86. The summed E-state index contributed by atoms with van der Waals surface area (Å²) < 4.78 is 11.7. The van der Waals surface area contributed by atoms with Crippen LogP contribution in [0.3, 0.4) is 0 Å². The van der Waals surface area contributed by atoms with Crippen molar-refractivity contribution in [2.45, 2.75) is 71.8 Å². The summed E-state index contributed by atoms with van der Waals surface area (Å²) in [6.45, 7) is 12.6. The maximum Gasteiger partial charge on any atom is 0.410 e. The average Bonchev–Trinajstić information content (AvgIpc) is 3.25. The van der Waals surface area contributed by atoms with Gasteiger partial charge in [-0.1, -0.05) is 6.07 Å². The van der Waals surface area contributed by atoms with Crippen LogP contribution in [0.1, 0.15) is 62.9 Å². The molecule has 208 valence electrons. The zero-order chi connectivity index (χ0) is 28.1. The van der Waals surface area contributed by atoms with Gasteiger partial charge in [0.05, 0.1) is 19.3 Å². The van der Waals surface area contributed by atoms with Gasteiger partial charge in [0.25, 0.3) is 5.91 Å². The van der Waals surface area contributed by atoms with Gasteiger partial charge in [0.1, 0.15) is 16.8 Å². The number of ether oxygens (including phenoxy) is 2. The molecular formula is C30H38N4O5. The largest absolute Gasteiger partial charge is 0.444 e. The highest BCUT2D eigenvalue weighted by Gasteiger charge is 2.37. The number of carbonyl (C=O) groups excluding carboxylic acids is 2. The highest BCUT2D eigenvalue weighted by atomic mass is 16.6. The summed E-state index contributed by atoms with van der Waals surface area (Å²) in [6.07, 6.45) is 4.06. The summed E-state index contributed by atoms with van der Waals surface area (Å²) in [5.74, 6) is -0.315. The summed E-state index contributed by atoms with van der Waals surface area (Å²) in [5, 5.41) is 11.5. The van der Waals surface area contributed by atoms with E-state index >= 15 is 0 Å². The zero-order valence-corrected chi connectivity index (χ0v) is 23.6. The number of nitrogens with zero attached hydrogens (tertiary/aromatic N) is 3. The Bertz CT molecular complexity index is 1420. The van der Waals surface area contributed by atoms with Crippen molar-refractivity contribution in [3.8, 4) is 11.1 Å². The van der Waals surface area contributed by atoms with Crippen molar-refractivity contribution in [3.63, 3.8) is 0 Å². The third-order valence-corrected chi connectivity index (χ3v) is 7.37. The van der Waals surface area contributed by atoms with Gasteiger partial charge in [-0.15, -0.1) is 0 Å². The lowest BCUT2D eigenvalue weighted by Gasteiger charge is -2.40. The van der Waals surface area contributed by atoms with Crippen LogP contribution in [0.2, 0.25) is 0 Å². The number of H-pyrrole nitrogens is 1. The predicted molar refractivity (Wildman–Crippen MR) is 148 cm³/mol. The minimum atomic E-state index is -1.47. The molecule has 0 radical (unpaired) electrons. The van der Waals surface area contributed by atoms with E-state index < -0.39 is 11.2 Å². The van der Waals surface area contributed by atoms with Crippen LogP contribution in [0.15, 0.2) is 30.6 Å². The van der Waals surface area contributed by atoms with Crippen molar-refractivity contribution in [2.24, 2.45) is 0 Å². The van der Waals surface area contributed by atoms with Crippen molar-refractivity contribution < 1.29 is 24.2 Å². The minimum Gasteiger partial charge on any atom is -0.444 e. The van der Waals surface area contributed by atoms with E-state index in [9.17, 15) is 14.7 Å². The number of nitrogens with one attached hydrogen (secondary N) is 1. The molecule has 2 aliphatic rings. The normalized spacial score (nSPS) is 18.3. The van der Waals surface area contributed by atoms with E-state index in [1.54, 1.807) is 9.80 Å². The monoisotopic (exact) mass is 534 g/mol. The van der Waals surface area contributed by atoms with Gasteiger partial charge in [0.2, 0.25) is 0 Å². The van der Waals surface area contributed by atoms with Gasteiger partial charge in [-0.05, 0) is 87.9 Å². The van der Waals surface area contributed by atoms with E-state index in [0.717, 1.165) is 44.4 Å². The summed E-state index contributed by atoms with van der Waals surface area (Å²) >= 11 is 0. The van der Waals surface area contributed by atoms with Gasteiger partial charge in [0.15, 0.2) is 0 Å². The number of aliphatic hydroxyl groups is 1. The van der Waals surface area contributed by atoms with Crippen LogP contribution < -0.4 is 0 Å². The molecule has 1 saturated heterocycles. The van der Waals surface area contributed by atoms with Gasteiger partial charge in [-0.2, -0.15) is 0 Å². The van der Waals surface area contributed by atoms with Crippen molar-refractivity contribution in [2.75, 3.05) is 26.3 Å². The Hall–Kier alpha value is -3.43. The molecule has 5 rings (SSSR count). The molecule has 0 spiro atoms. The summed E-state index contributed by atoms with van der Waals surface area (Å²) in [5.41, 5.74) is 4.85. The number of hydrogen-bond acceptors (Lipinski definition) is 6. The standard InChI is InChI=1S/C30H38N4O5/c1-18-14-31-26-22(18)13-21(15-32-26)20-11-19-7-8-33(27(35)30(5,6)37)16-24(19)23(12-20)25-17-38-10-9-34(25)28(36)39-29(2,3)4/h11-15,25,37H,7-10,16-17H2,1-6H3,(H,31,32). The topological polar surface area (TPSA) is 108 Å². The third-order valence-electron chi connectivity index (χ3n) is 7.37. The van der Waals surface area contributed by atoms with Gasteiger partial charge in [-0.25, -0.2) is 9.78 Å². The third kappa shape index (κ3) is 5.51. The first kappa shape index (κ1) is 27.1. The molecule has 2 amide bonds. The van der Waals surface area contributed by atoms with Gasteiger partial charge < -0.3 is 24.5 Å². The van der Waals surface area contributed by atoms with Crippen LogP contribution in [0.4, 0.5) is 4.79 Å². The van der Waals surface area contributed by atoms with Crippen LogP contribution in [0.25, 0.3) is 22.2 Å². The fraction of sp³-hybridized carbons (Fsp3) is 0.500. The summed E-state index contributed by atoms with van der Waals surface area (Å²) in [6, 6.07) is 6.01. The van der Waals surface area contributed by atoms with Crippen molar-refractivity contribution in [1.29, 1.82) is 0 Å². The average molecular weight is 535 g/mol. The van der Waals surface area contributed by atoms with E-state index in [4.69, 9.17) is 9.47 Å². The molecule has 1 atom stereocenters. The molecule has 2 N–H and O–H groups in total. The van der Waals surface area contributed by atoms with Gasteiger partial charge >= 0.3 is 6.09 Å². The second-order valence-electron chi connectivity index (χ2n) is 12.1. The van der Waals surface area contributed by atoms with Gasteiger partial charge in [0, 0.05) is 43.0 Å². The number of carbonyl (C=O) groups is 2. The van der Waals surface area contributed by atoms with E-state index in [-0.39, 0.29) is 18.0 Å². The highest BCUT2D eigenvalue weighted by molar-refractivity contribution is 5.86. The van der Waals surface area contributed by atoms with Crippen LogP contribution >= 0.6 is 0 Å². The molecular weight excluding hydrogens is 496 g/mol. The molecule has 0 aliphatic carbocycles. The van der Waals surface area contributed by atoms with E-state index in [2.05, 4.69) is 35.1 Å². The molecule has 2 aromatic heterocycles. The quantitative estimate of drug-likeness (QED) is 0.512. The lowest BCUT2D eigenvalue weighted by Crippen LogP contribution is -2.48. The predicted octanol–water partition coefficient (Wildman–Crippen LogP) is 4.50. The molecule has 39 heavy (non-hydrogen) atoms. The van der Waals surface area contributed by atoms with Crippen molar-refractivity contribution in [3.05, 3.63) is 52.8 Å². The summed E-state index contributed by atoms with van der Waals surface area (Å²) in [7, 11) is 0.